The number of carbonyl (C=O) groups excluding carboxylic acids is 1. The molecule has 1 atom stereocenters. The van der Waals surface area contributed by atoms with Crippen LogP contribution in [0.5, 0.6) is 0 Å². The number of benzene rings is 3. The molecule has 8 nitrogen and oxygen atoms in total. The van der Waals surface area contributed by atoms with Crippen LogP contribution in [0.4, 0.5) is 0 Å². The molecule has 0 bridgehead atoms. The first-order valence-corrected chi connectivity index (χ1v) is 15.5. The van der Waals surface area contributed by atoms with E-state index in [0.717, 1.165) is 50.2 Å². The Morgan fingerprint density at radius 1 is 1.00 bits per heavy atom. The van der Waals surface area contributed by atoms with Gasteiger partial charge < -0.3 is 19.4 Å². The van der Waals surface area contributed by atoms with Crippen molar-refractivity contribution in [1.82, 2.24) is 20.4 Å². The minimum Gasteiger partial charge on any atom is -0.462 e. The van der Waals surface area contributed by atoms with E-state index in [-0.39, 0.29) is 5.41 Å². The summed E-state index contributed by atoms with van der Waals surface area (Å²) in [6.45, 7) is 6.88. The van der Waals surface area contributed by atoms with Crippen LogP contribution in [-0.4, -0.2) is 47.3 Å². The number of dihydropyridines is 1. The molecule has 1 N–H and O–H groups in total. The minimum atomic E-state index is -0.529. The third-order valence-corrected chi connectivity index (χ3v) is 9.13. The summed E-state index contributed by atoms with van der Waals surface area (Å²) in [6, 6.07) is 31.2. The number of hydrogen-bond donors (Lipinski definition) is 1. The molecule has 1 saturated heterocycles. The molecule has 0 amide bonds. The van der Waals surface area contributed by atoms with Gasteiger partial charge in [0.05, 0.1) is 29.7 Å². The van der Waals surface area contributed by atoms with Crippen molar-refractivity contribution < 1.29 is 13.9 Å². The van der Waals surface area contributed by atoms with Gasteiger partial charge in [-0.05, 0) is 75.0 Å². The van der Waals surface area contributed by atoms with Crippen LogP contribution < -0.4 is 5.32 Å². The fraction of sp³-hybridized carbons (Fsp3) is 0.297. The lowest BCUT2D eigenvalue weighted by molar-refractivity contribution is -0.139. The zero-order chi connectivity index (χ0) is 31.2. The van der Waals surface area contributed by atoms with Crippen molar-refractivity contribution in [3.8, 4) is 6.07 Å². The lowest BCUT2D eigenvalue weighted by Crippen LogP contribution is -2.43. The lowest BCUT2D eigenvalue weighted by atomic mass is 9.68. The van der Waals surface area contributed by atoms with Gasteiger partial charge in [-0.15, -0.1) is 10.2 Å². The molecule has 0 saturated carbocycles. The molecular formula is C37H37N5O3. The van der Waals surface area contributed by atoms with Crippen LogP contribution in [0.25, 0.3) is 5.57 Å². The first kappa shape index (κ1) is 30.0. The molecule has 2 aliphatic rings. The molecule has 6 rings (SSSR count). The maximum Gasteiger partial charge on any atom is 0.336 e. The number of piperidine rings is 1. The molecule has 3 heterocycles. The Hall–Kier alpha value is -5.00. The molecule has 1 fully saturated rings. The van der Waals surface area contributed by atoms with Gasteiger partial charge in [-0.25, -0.2) is 4.79 Å². The Balaban J connectivity index is 1.12. The lowest BCUT2D eigenvalue weighted by Gasteiger charge is -2.43. The first-order valence-electron chi connectivity index (χ1n) is 15.5. The number of aromatic nitrogens is 2. The van der Waals surface area contributed by atoms with E-state index in [2.05, 4.69) is 87.1 Å². The molecular weight excluding hydrogens is 562 g/mol. The van der Waals surface area contributed by atoms with E-state index >= 15 is 0 Å². The Kier molecular flexibility index (Phi) is 8.90. The van der Waals surface area contributed by atoms with E-state index < -0.39 is 11.9 Å². The second kappa shape index (κ2) is 13.3. The second-order valence-electron chi connectivity index (χ2n) is 11.8. The third-order valence-electron chi connectivity index (χ3n) is 9.13. The van der Waals surface area contributed by atoms with Crippen LogP contribution in [0.15, 0.2) is 113 Å². The van der Waals surface area contributed by atoms with E-state index in [1.807, 2.05) is 26.0 Å². The van der Waals surface area contributed by atoms with Gasteiger partial charge in [0, 0.05) is 28.9 Å². The van der Waals surface area contributed by atoms with E-state index in [4.69, 9.17) is 9.15 Å². The van der Waals surface area contributed by atoms with Crippen LogP contribution >= 0.6 is 0 Å². The largest absolute Gasteiger partial charge is 0.462 e. The molecule has 3 aromatic carbocycles. The number of likely N-dealkylation sites (tertiary alicyclic amines) is 1. The van der Waals surface area contributed by atoms with Crippen LogP contribution in [0, 0.1) is 11.3 Å². The number of ether oxygens (including phenoxy) is 1. The molecule has 0 aliphatic carbocycles. The third kappa shape index (κ3) is 6.17. The van der Waals surface area contributed by atoms with Gasteiger partial charge in [0.25, 0.3) is 0 Å². The number of nitriles is 1. The predicted octanol–water partition coefficient (Wildman–Crippen LogP) is 6.35. The number of hydrogen-bond acceptors (Lipinski definition) is 8. The molecule has 8 heteroatoms. The first-order chi connectivity index (χ1) is 22.0. The van der Waals surface area contributed by atoms with Gasteiger partial charge in [0.15, 0.2) is 0 Å². The monoisotopic (exact) mass is 599 g/mol. The minimum absolute atomic E-state index is 0.00303. The van der Waals surface area contributed by atoms with Crippen LogP contribution in [0.3, 0.4) is 0 Å². The summed E-state index contributed by atoms with van der Waals surface area (Å²) in [4.78, 5) is 16.2. The molecule has 0 radical (unpaired) electrons. The highest BCUT2D eigenvalue weighted by atomic mass is 16.5. The highest BCUT2D eigenvalue weighted by Crippen LogP contribution is 2.44. The topological polar surface area (TPSA) is 104 Å². The quantitative estimate of drug-likeness (QED) is 0.175. The Labute approximate surface area is 264 Å². The highest BCUT2D eigenvalue weighted by molar-refractivity contribution is 5.96. The Morgan fingerprint density at radius 2 is 1.69 bits per heavy atom. The normalized spacial score (nSPS) is 18.3. The van der Waals surface area contributed by atoms with Crippen molar-refractivity contribution in [1.29, 1.82) is 5.26 Å². The van der Waals surface area contributed by atoms with Gasteiger partial charge in [0.1, 0.15) is 0 Å². The van der Waals surface area contributed by atoms with Gasteiger partial charge in [-0.2, -0.15) is 5.26 Å². The average Bonchev–Trinajstić information content (AvgIpc) is 3.62. The number of rotatable bonds is 9. The Bertz CT molecular complexity index is 1690. The molecule has 4 aromatic rings. The average molecular weight is 600 g/mol. The van der Waals surface area contributed by atoms with Gasteiger partial charge in [-0.3, -0.25) is 0 Å². The van der Waals surface area contributed by atoms with Gasteiger partial charge >= 0.3 is 5.97 Å². The summed E-state index contributed by atoms with van der Waals surface area (Å²) in [5, 5.41) is 20.9. The van der Waals surface area contributed by atoms with Crippen molar-refractivity contribution >= 4 is 11.5 Å². The van der Waals surface area contributed by atoms with Crippen LogP contribution in [0.1, 0.15) is 67.2 Å². The Morgan fingerprint density at radius 3 is 2.31 bits per heavy atom. The molecule has 1 unspecified atom stereocenters. The van der Waals surface area contributed by atoms with E-state index in [1.54, 1.807) is 12.1 Å². The summed E-state index contributed by atoms with van der Waals surface area (Å²) < 4.78 is 11.5. The molecule has 0 spiro atoms. The zero-order valence-electron chi connectivity index (χ0n) is 25.7. The summed E-state index contributed by atoms with van der Waals surface area (Å²) in [7, 11) is 0. The smallest absolute Gasteiger partial charge is 0.336 e. The summed E-state index contributed by atoms with van der Waals surface area (Å²) >= 11 is 0. The number of esters is 1. The standard InChI is InChI=1S/C37H37N5O3/c1-26-32(35-41-39-25-45-35)34(29-12-9-11-28(23-29)24-38)33(27(2)40-26)36(43)44-22-10-19-42-20-17-37(18-21-42,30-13-5-3-6-14-30)31-15-7-4-8-16-31/h3-9,11-16,23,25,34,40H,10,17-22H2,1-2H3. The SMILES string of the molecule is CC1=C(C(=O)OCCCN2CCC(c3ccccc3)(c3ccccc3)CC2)C(c2cccc(C#N)c2)C(c2nnco2)=C(C)N1. The van der Waals surface area contributed by atoms with E-state index in [0.29, 0.717) is 34.9 Å². The van der Waals surface area contributed by atoms with Gasteiger partial charge in [-0.1, -0.05) is 72.8 Å². The van der Waals surface area contributed by atoms with Crippen molar-refractivity contribution in [3.05, 3.63) is 136 Å². The molecule has 228 valence electrons. The number of allylic oxidation sites excluding steroid dienone is 3. The number of nitrogens with one attached hydrogen (secondary N) is 1. The van der Waals surface area contributed by atoms with Gasteiger partial charge in [0.2, 0.25) is 12.3 Å². The number of nitrogens with zero attached hydrogens (tertiary/aromatic N) is 4. The maximum absolute atomic E-state index is 13.7. The van der Waals surface area contributed by atoms with Crippen LogP contribution in [-0.2, 0) is 14.9 Å². The molecule has 1 aromatic heterocycles. The second-order valence-corrected chi connectivity index (χ2v) is 11.8. The zero-order valence-corrected chi connectivity index (χ0v) is 25.7. The van der Waals surface area contributed by atoms with Crippen molar-refractivity contribution in [3.63, 3.8) is 0 Å². The van der Waals surface area contributed by atoms with Crippen molar-refractivity contribution in [2.75, 3.05) is 26.2 Å². The maximum atomic E-state index is 13.7. The number of carbonyl (C=O) groups is 1. The van der Waals surface area contributed by atoms with Crippen molar-refractivity contribution in [2.24, 2.45) is 0 Å². The van der Waals surface area contributed by atoms with Crippen LogP contribution in [0.2, 0.25) is 0 Å². The summed E-state index contributed by atoms with van der Waals surface area (Å²) in [5.74, 6) is -0.612. The fourth-order valence-corrected chi connectivity index (χ4v) is 6.91. The van der Waals surface area contributed by atoms with Crippen molar-refractivity contribution in [2.45, 2.75) is 44.4 Å². The highest BCUT2D eigenvalue weighted by Gasteiger charge is 2.38. The van der Waals surface area contributed by atoms with E-state index in [9.17, 15) is 10.1 Å². The summed E-state index contributed by atoms with van der Waals surface area (Å²) in [5.41, 5.74) is 6.68. The van der Waals surface area contributed by atoms with E-state index in [1.165, 1.54) is 17.5 Å². The fourth-order valence-electron chi connectivity index (χ4n) is 6.91. The summed E-state index contributed by atoms with van der Waals surface area (Å²) in [6.07, 6.45) is 4.07. The molecule has 2 aliphatic heterocycles. The molecule has 45 heavy (non-hydrogen) atoms. The predicted molar refractivity (Wildman–Crippen MR) is 172 cm³/mol.